The largest absolute Gasteiger partial charge is 0.393 e. The van der Waals surface area contributed by atoms with Gasteiger partial charge in [0.25, 0.3) is 5.56 Å². The maximum Gasteiger partial charge on any atom is 0.257 e. The Morgan fingerprint density at radius 2 is 2.00 bits per heavy atom. The summed E-state index contributed by atoms with van der Waals surface area (Å²) in [6, 6.07) is 4.95. The second-order valence-corrected chi connectivity index (χ2v) is 9.75. The Balaban J connectivity index is 1.71. The summed E-state index contributed by atoms with van der Waals surface area (Å²) < 4.78 is 21.4. The number of halogens is 1. The minimum atomic E-state index is -1.14. The van der Waals surface area contributed by atoms with Crippen molar-refractivity contribution in [2.75, 3.05) is 20.2 Å². The van der Waals surface area contributed by atoms with Gasteiger partial charge in [0.2, 0.25) is 0 Å². The van der Waals surface area contributed by atoms with Gasteiger partial charge in [-0.15, -0.1) is 0 Å². The van der Waals surface area contributed by atoms with E-state index in [4.69, 9.17) is 9.72 Å². The van der Waals surface area contributed by atoms with Gasteiger partial charge in [-0.3, -0.25) is 9.69 Å². The third-order valence-corrected chi connectivity index (χ3v) is 7.38. The zero-order chi connectivity index (χ0) is 25.6. The van der Waals surface area contributed by atoms with Crippen molar-refractivity contribution in [3.8, 4) is 11.4 Å². The van der Waals surface area contributed by atoms with Gasteiger partial charge in [0.15, 0.2) is 0 Å². The predicted molar refractivity (Wildman–Crippen MR) is 132 cm³/mol. The number of benzene rings is 1. The number of rotatable bonds is 7. The van der Waals surface area contributed by atoms with Crippen LogP contribution < -0.4 is 5.56 Å². The number of ether oxygens (including phenoxy) is 1. The maximum atomic E-state index is 14.6. The van der Waals surface area contributed by atoms with Crippen molar-refractivity contribution >= 4 is 17.2 Å². The van der Waals surface area contributed by atoms with Gasteiger partial charge in [0.1, 0.15) is 12.1 Å². The first kappa shape index (κ1) is 24.7. The number of aliphatic hydroxyl groups is 2. The molecule has 1 atom stereocenters. The number of hydrogen-bond acceptors (Lipinski definition) is 7. The molecule has 0 aliphatic carbocycles. The SMILES string of the molecule is COCc1c(C(O)CC=O)cc2n(c1=O)Cc1c-2nc2cc(F)c(C)cc2c1CN1CCC(O)CC1. The normalized spacial score (nSPS) is 16.8. The summed E-state index contributed by atoms with van der Waals surface area (Å²) in [7, 11) is 1.47. The summed E-state index contributed by atoms with van der Waals surface area (Å²) >= 11 is 0. The number of methoxy groups -OCH3 is 1. The third kappa shape index (κ3) is 4.26. The first-order chi connectivity index (χ1) is 17.3. The molecule has 0 bridgehead atoms. The standard InChI is InChI=1S/C27H30FN3O5/c1-15-9-17-19(12-30-6-3-16(33)4-7-30)20-13-31-24(26(20)29-23(17)11-22(15)28)10-18(25(34)5-8-32)21(14-36-2)27(31)35/h8-11,16,25,33-34H,3-7,12-14H2,1-2H3. The van der Waals surface area contributed by atoms with E-state index in [9.17, 15) is 24.2 Å². The smallest absolute Gasteiger partial charge is 0.257 e. The molecule has 2 aromatic heterocycles. The third-order valence-electron chi connectivity index (χ3n) is 7.38. The van der Waals surface area contributed by atoms with Crippen LogP contribution >= 0.6 is 0 Å². The molecule has 36 heavy (non-hydrogen) atoms. The van der Waals surface area contributed by atoms with E-state index in [0.717, 1.165) is 29.6 Å². The molecule has 1 aromatic carbocycles. The molecular weight excluding hydrogens is 465 g/mol. The monoisotopic (exact) mass is 495 g/mol. The Morgan fingerprint density at radius 3 is 2.69 bits per heavy atom. The lowest BCUT2D eigenvalue weighted by atomic mass is 9.96. The second-order valence-electron chi connectivity index (χ2n) is 9.75. The van der Waals surface area contributed by atoms with Gasteiger partial charge in [0, 0.05) is 55.7 Å². The van der Waals surface area contributed by atoms with Crippen LogP contribution in [-0.2, 0) is 29.2 Å². The first-order valence-corrected chi connectivity index (χ1v) is 12.2. The number of aryl methyl sites for hydroxylation is 1. The van der Waals surface area contributed by atoms with Crippen molar-refractivity contribution in [2.24, 2.45) is 0 Å². The van der Waals surface area contributed by atoms with E-state index in [1.807, 2.05) is 6.07 Å². The zero-order valence-electron chi connectivity index (χ0n) is 20.5. The number of piperidine rings is 1. The molecule has 2 aliphatic rings. The number of likely N-dealkylation sites (tertiary alicyclic amines) is 1. The predicted octanol–water partition coefficient (Wildman–Crippen LogP) is 2.60. The van der Waals surface area contributed by atoms with E-state index in [0.29, 0.717) is 65.8 Å². The van der Waals surface area contributed by atoms with Crippen LogP contribution in [0.3, 0.4) is 0 Å². The highest BCUT2D eigenvalue weighted by molar-refractivity contribution is 5.88. The van der Waals surface area contributed by atoms with Gasteiger partial charge in [-0.1, -0.05) is 0 Å². The van der Waals surface area contributed by atoms with Crippen molar-refractivity contribution < 1.29 is 24.1 Å². The summed E-state index contributed by atoms with van der Waals surface area (Å²) in [5.41, 5.74) is 4.37. The Kier molecular flexibility index (Phi) is 6.74. The topological polar surface area (TPSA) is 105 Å². The highest BCUT2D eigenvalue weighted by atomic mass is 19.1. The van der Waals surface area contributed by atoms with Gasteiger partial charge in [0.05, 0.1) is 42.3 Å². The van der Waals surface area contributed by atoms with Gasteiger partial charge in [-0.2, -0.15) is 0 Å². The van der Waals surface area contributed by atoms with Crippen LogP contribution in [0.2, 0.25) is 0 Å². The van der Waals surface area contributed by atoms with E-state index in [-0.39, 0.29) is 30.5 Å². The molecule has 5 rings (SSSR count). The number of aldehydes is 1. The van der Waals surface area contributed by atoms with Crippen LogP contribution in [0.15, 0.2) is 23.0 Å². The van der Waals surface area contributed by atoms with E-state index < -0.39 is 6.10 Å². The average Bonchev–Trinajstić information content (AvgIpc) is 3.22. The molecule has 0 amide bonds. The molecular formula is C27H30FN3O5. The molecule has 1 unspecified atom stereocenters. The summed E-state index contributed by atoms with van der Waals surface area (Å²) in [5, 5.41) is 21.4. The summed E-state index contributed by atoms with van der Waals surface area (Å²) in [6.07, 6.45) is 0.415. The molecule has 2 N–H and O–H groups in total. The maximum absolute atomic E-state index is 14.6. The van der Waals surface area contributed by atoms with Crippen molar-refractivity contribution in [1.29, 1.82) is 0 Å². The fourth-order valence-electron chi connectivity index (χ4n) is 5.39. The second kappa shape index (κ2) is 9.82. The Morgan fingerprint density at radius 1 is 1.25 bits per heavy atom. The van der Waals surface area contributed by atoms with Crippen molar-refractivity contribution in [3.63, 3.8) is 0 Å². The number of pyridine rings is 2. The lowest BCUT2D eigenvalue weighted by molar-refractivity contribution is -0.109. The zero-order valence-corrected chi connectivity index (χ0v) is 20.5. The lowest BCUT2D eigenvalue weighted by Crippen LogP contribution is -2.35. The van der Waals surface area contributed by atoms with E-state index in [1.165, 1.54) is 13.2 Å². The minimum Gasteiger partial charge on any atom is -0.393 e. The highest BCUT2D eigenvalue weighted by Gasteiger charge is 2.31. The summed E-state index contributed by atoms with van der Waals surface area (Å²) in [5.74, 6) is -0.352. The van der Waals surface area contributed by atoms with Gasteiger partial charge in [-0.05, 0) is 48.6 Å². The lowest BCUT2D eigenvalue weighted by Gasteiger charge is -2.30. The minimum absolute atomic E-state index is 0.00345. The van der Waals surface area contributed by atoms with E-state index in [1.54, 1.807) is 17.6 Å². The number of aromatic nitrogens is 2. The number of nitrogens with zero attached hydrogens (tertiary/aromatic N) is 3. The molecule has 2 aliphatic heterocycles. The molecule has 3 aromatic rings. The van der Waals surface area contributed by atoms with Gasteiger partial charge >= 0.3 is 0 Å². The molecule has 9 heteroatoms. The molecule has 0 saturated carbocycles. The Bertz CT molecular complexity index is 1390. The molecule has 8 nitrogen and oxygen atoms in total. The Labute approximate surface area is 208 Å². The number of fused-ring (bicyclic) bond motifs is 4. The first-order valence-electron chi connectivity index (χ1n) is 12.2. The number of carbonyl (C=O) groups excluding carboxylic acids is 1. The highest BCUT2D eigenvalue weighted by Crippen LogP contribution is 2.38. The van der Waals surface area contributed by atoms with Crippen molar-refractivity contribution in [3.05, 3.63) is 62.2 Å². The van der Waals surface area contributed by atoms with Crippen LogP contribution in [0.5, 0.6) is 0 Å². The molecule has 190 valence electrons. The molecule has 4 heterocycles. The van der Waals surface area contributed by atoms with Crippen LogP contribution in [0.25, 0.3) is 22.3 Å². The van der Waals surface area contributed by atoms with Crippen molar-refractivity contribution in [2.45, 2.75) is 58.1 Å². The number of carbonyl (C=O) groups is 1. The molecule has 0 spiro atoms. The molecule has 1 saturated heterocycles. The fourth-order valence-corrected chi connectivity index (χ4v) is 5.39. The van der Waals surface area contributed by atoms with Gasteiger partial charge in [-0.25, -0.2) is 9.37 Å². The van der Waals surface area contributed by atoms with Crippen molar-refractivity contribution in [1.82, 2.24) is 14.5 Å². The van der Waals surface area contributed by atoms with Crippen LogP contribution in [0.4, 0.5) is 4.39 Å². The van der Waals surface area contributed by atoms with Crippen LogP contribution in [0, 0.1) is 12.7 Å². The fraction of sp³-hybridized carbons (Fsp3) is 0.444. The Hall–Kier alpha value is -2.98. The summed E-state index contributed by atoms with van der Waals surface area (Å²) in [4.78, 5) is 31.7. The number of aliphatic hydroxyl groups excluding tert-OH is 2. The van der Waals surface area contributed by atoms with Gasteiger partial charge < -0.3 is 24.3 Å². The van der Waals surface area contributed by atoms with E-state index >= 15 is 0 Å². The summed E-state index contributed by atoms with van der Waals surface area (Å²) in [6.45, 7) is 4.10. The van der Waals surface area contributed by atoms with Crippen LogP contribution in [0.1, 0.15) is 53.2 Å². The molecule has 0 radical (unpaired) electrons. The number of hydrogen-bond donors (Lipinski definition) is 2. The average molecular weight is 496 g/mol. The quantitative estimate of drug-likeness (QED) is 0.380. The van der Waals surface area contributed by atoms with E-state index in [2.05, 4.69) is 4.90 Å². The molecule has 1 fully saturated rings. The van der Waals surface area contributed by atoms with Crippen LogP contribution in [-0.4, -0.2) is 57.3 Å².